The molecule has 0 saturated carbocycles. The summed E-state index contributed by atoms with van der Waals surface area (Å²) in [7, 11) is 0. The van der Waals surface area contributed by atoms with Crippen molar-refractivity contribution in [1.82, 2.24) is 15.5 Å². The van der Waals surface area contributed by atoms with Crippen LogP contribution in [0.2, 0.25) is 0 Å². The van der Waals surface area contributed by atoms with Crippen LogP contribution < -0.4 is 10.2 Å². The molecule has 1 amide bonds. The van der Waals surface area contributed by atoms with Crippen molar-refractivity contribution < 1.29 is 14.1 Å². The summed E-state index contributed by atoms with van der Waals surface area (Å²) in [6, 6.07) is 9.09. The molecule has 0 radical (unpaired) electrons. The van der Waals surface area contributed by atoms with Crippen molar-refractivity contribution in [2.75, 3.05) is 25.4 Å². The highest BCUT2D eigenvalue weighted by Gasteiger charge is 2.14. The maximum absolute atomic E-state index is 12.0. The third kappa shape index (κ3) is 5.07. The molecule has 7 heteroatoms. The van der Waals surface area contributed by atoms with E-state index in [1.54, 1.807) is 28.8 Å². The summed E-state index contributed by atoms with van der Waals surface area (Å²) >= 11 is 1.59. The summed E-state index contributed by atoms with van der Waals surface area (Å²) < 4.78 is 5.58. The van der Waals surface area contributed by atoms with Gasteiger partial charge in [-0.15, -0.1) is 10.2 Å². The summed E-state index contributed by atoms with van der Waals surface area (Å²) in [5, 5.41) is 11.4. The summed E-state index contributed by atoms with van der Waals surface area (Å²) in [6.45, 7) is 3.94. The SMILES string of the molecule is O=C(NCc1nnc(SCC[NH+]2CCCCC2)o1)c1ccccc1. The molecule has 1 fully saturated rings. The van der Waals surface area contributed by atoms with Gasteiger partial charge in [-0.25, -0.2) is 0 Å². The van der Waals surface area contributed by atoms with E-state index in [0.717, 1.165) is 12.3 Å². The summed E-state index contributed by atoms with van der Waals surface area (Å²) in [5.74, 6) is 1.27. The van der Waals surface area contributed by atoms with E-state index in [9.17, 15) is 4.79 Å². The number of likely N-dealkylation sites (tertiary alicyclic amines) is 1. The van der Waals surface area contributed by atoms with E-state index in [2.05, 4.69) is 15.5 Å². The van der Waals surface area contributed by atoms with Gasteiger partial charge in [-0.05, 0) is 31.4 Å². The number of nitrogens with one attached hydrogen (secondary N) is 2. The molecule has 1 aliphatic heterocycles. The molecule has 0 atom stereocenters. The van der Waals surface area contributed by atoms with Crippen LogP contribution in [0.1, 0.15) is 35.5 Å². The number of hydrogen-bond acceptors (Lipinski definition) is 5. The number of thioether (sulfide) groups is 1. The number of nitrogens with zero attached hydrogens (tertiary/aromatic N) is 2. The molecule has 2 aromatic rings. The van der Waals surface area contributed by atoms with Crippen LogP contribution >= 0.6 is 11.8 Å². The standard InChI is InChI=1S/C17H22N4O2S/c22-16(14-7-3-1-4-8-14)18-13-15-19-20-17(23-15)24-12-11-21-9-5-2-6-10-21/h1,3-4,7-8H,2,5-6,9-13H2,(H,18,22)/p+1. The number of aromatic nitrogens is 2. The van der Waals surface area contributed by atoms with Crippen LogP contribution in [0, 0.1) is 0 Å². The van der Waals surface area contributed by atoms with E-state index >= 15 is 0 Å². The fraction of sp³-hybridized carbons (Fsp3) is 0.471. The van der Waals surface area contributed by atoms with E-state index in [1.807, 2.05) is 18.2 Å². The number of piperidine rings is 1. The first-order chi connectivity index (χ1) is 11.8. The number of hydrogen-bond donors (Lipinski definition) is 2. The van der Waals surface area contributed by atoms with Crippen molar-refractivity contribution in [2.45, 2.75) is 31.0 Å². The molecule has 0 unspecified atom stereocenters. The number of benzene rings is 1. The van der Waals surface area contributed by atoms with E-state index in [-0.39, 0.29) is 12.5 Å². The molecule has 3 rings (SSSR count). The second-order valence-corrected chi connectivity index (χ2v) is 6.97. The molecule has 2 N–H and O–H groups in total. The molecule has 1 saturated heterocycles. The lowest BCUT2D eigenvalue weighted by atomic mass is 10.1. The highest BCUT2D eigenvalue weighted by atomic mass is 32.2. The lowest BCUT2D eigenvalue weighted by molar-refractivity contribution is -0.902. The highest BCUT2D eigenvalue weighted by molar-refractivity contribution is 7.99. The first kappa shape index (κ1) is 17.0. The maximum Gasteiger partial charge on any atom is 0.276 e. The van der Waals surface area contributed by atoms with Crippen molar-refractivity contribution in [3.63, 3.8) is 0 Å². The Morgan fingerprint density at radius 1 is 1.17 bits per heavy atom. The zero-order valence-corrected chi connectivity index (χ0v) is 14.5. The summed E-state index contributed by atoms with van der Waals surface area (Å²) in [4.78, 5) is 13.6. The second kappa shape index (κ2) is 8.84. The van der Waals surface area contributed by atoms with Gasteiger partial charge in [-0.1, -0.05) is 30.0 Å². The Morgan fingerprint density at radius 3 is 2.75 bits per heavy atom. The first-order valence-electron chi connectivity index (χ1n) is 8.43. The van der Waals surface area contributed by atoms with Crippen LogP contribution in [0.5, 0.6) is 0 Å². The molecule has 1 aromatic heterocycles. The number of quaternary nitrogens is 1. The summed E-state index contributed by atoms with van der Waals surface area (Å²) in [6.07, 6.45) is 4.05. The smallest absolute Gasteiger partial charge is 0.276 e. The van der Waals surface area contributed by atoms with E-state index in [0.29, 0.717) is 16.7 Å². The number of carbonyl (C=O) groups is 1. The zero-order chi connectivity index (χ0) is 16.6. The van der Waals surface area contributed by atoms with Crippen molar-refractivity contribution in [3.05, 3.63) is 41.8 Å². The van der Waals surface area contributed by atoms with Crippen LogP contribution in [-0.4, -0.2) is 41.5 Å². The largest absolute Gasteiger partial charge is 0.414 e. The van der Waals surface area contributed by atoms with E-state index in [1.165, 1.54) is 32.4 Å². The molecule has 1 aliphatic rings. The third-order valence-corrected chi connectivity index (χ3v) is 4.95. The van der Waals surface area contributed by atoms with Crippen LogP contribution in [0.15, 0.2) is 40.0 Å². The Bertz CT molecular complexity index is 641. The third-order valence-electron chi connectivity index (χ3n) is 4.13. The minimum absolute atomic E-state index is 0.142. The first-order valence-corrected chi connectivity index (χ1v) is 9.42. The Balaban J connectivity index is 1.39. The van der Waals surface area contributed by atoms with Crippen molar-refractivity contribution in [2.24, 2.45) is 0 Å². The summed E-state index contributed by atoms with van der Waals surface area (Å²) in [5.41, 5.74) is 0.621. The lowest BCUT2D eigenvalue weighted by Gasteiger charge is -2.22. The van der Waals surface area contributed by atoms with E-state index in [4.69, 9.17) is 4.42 Å². The van der Waals surface area contributed by atoms with Gasteiger partial charge in [-0.2, -0.15) is 0 Å². The molecule has 0 aliphatic carbocycles. The fourth-order valence-electron chi connectivity index (χ4n) is 2.80. The molecule has 1 aromatic carbocycles. The topological polar surface area (TPSA) is 72.5 Å². The van der Waals surface area contributed by atoms with Gasteiger partial charge in [0.15, 0.2) is 0 Å². The van der Waals surface area contributed by atoms with Crippen LogP contribution in [-0.2, 0) is 6.54 Å². The van der Waals surface area contributed by atoms with Gasteiger partial charge >= 0.3 is 0 Å². The average molecular weight is 347 g/mol. The van der Waals surface area contributed by atoms with Crippen LogP contribution in [0.3, 0.4) is 0 Å². The molecule has 2 heterocycles. The molecule has 6 nitrogen and oxygen atoms in total. The van der Waals surface area contributed by atoms with Gasteiger partial charge in [0.25, 0.3) is 11.1 Å². The number of rotatable bonds is 7. The number of carbonyl (C=O) groups excluding carboxylic acids is 1. The van der Waals surface area contributed by atoms with Gasteiger partial charge in [0.2, 0.25) is 5.89 Å². The average Bonchev–Trinajstić information content (AvgIpc) is 3.09. The Morgan fingerprint density at radius 2 is 1.96 bits per heavy atom. The maximum atomic E-state index is 12.0. The lowest BCUT2D eigenvalue weighted by Crippen LogP contribution is -3.13. The Hall–Kier alpha value is -1.86. The predicted molar refractivity (Wildman–Crippen MR) is 92.0 cm³/mol. The van der Waals surface area contributed by atoms with Gasteiger partial charge < -0.3 is 14.6 Å². The fourth-order valence-corrected chi connectivity index (χ4v) is 3.62. The minimum Gasteiger partial charge on any atom is -0.414 e. The monoisotopic (exact) mass is 347 g/mol. The van der Waals surface area contributed by atoms with Crippen molar-refractivity contribution in [1.29, 1.82) is 0 Å². The quantitative estimate of drug-likeness (QED) is 0.736. The molecule has 128 valence electrons. The molecular weight excluding hydrogens is 324 g/mol. The van der Waals surface area contributed by atoms with E-state index < -0.39 is 0 Å². The zero-order valence-electron chi connectivity index (χ0n) is 13.7. The predicted octanol–water partition coefficient (Wildman–Crippen LogP) is 1.16. The van der Waals surface area contributed by atoms with Gasteiger partial charge in [-0.3, -0.25) is 4.79 Å². The number of amides is 1. The Kier molecular flexibility index (Phi) is 6.26. The molecule has 0 bridgehead atoms. The van der Waals surface area contributed by atoms with Crippen molar-refractivity contribution >= 4 is 17.7 Å². The van der Waals surface area contributed by atoms with Crippen molar-refractivity contribution in [3.8, 4) is 0 Å². The van der Waals surface area contributed by atoms with Gasteiger partial charge in [0, 0.05) is 5.56 Å². The molecular formula is C17H23N4O2S+. The molecule has 24 heavy (non-hydrogen) atoms. The van der Waals surface area contributed by atoms with Gasteiger partial charge in [0.05, 0.1) is 31.9 Å². The van der Waals surface area contributed by atoms with Crippen LogP contribution in [0.25, 0.3) is 0 Å². The van der Waals surface area contributed by atoms with Crippen LogP contribution in [0.4, 0.5) is 0 Å². The Labute approximate surface area is 146 Å². The molecule has 0 spiro atoms. The minimum atomic E-state index is -0.142. The highest BCUT2D eigenvalue weighted by Crippen LogP contribution is 2.15. The second-order valence-electron chi connectivity index (χ2n) is 5.92. The normalized spacial score (nSPS) is 15.3. The van der Waals surface area contributed by atoms with Gasteiger partial charge in [0.1, 0.15) is 0 Å².